The lowest BCUT2D eigenvalue weighted by Crippen LogP contribution is -2.52. The number of amides is 3. The van der Waals surface area contributed by atoms with Gasteiger partial charge in [0.05, 0.1) is 5.69 Å². The molecule has 0 saturated heterocycles. The third-order valence-corrected chi connectivity index (χ3v) is 6.14. The molecule has 0 saturated carbocycles. The largest absolute Gasteiger partial charge is 0.354 e. The van der Waals surface area contributed by atoms with Gasteiger partial charge in [-0.1, -0.05) is 50.2 Å². The second-order valence-corrected chi connectivity index (χ2v) is 8.44. The summed E-state index contributed by atoms with van der Waals surface area (Å²) in [6.45, 7) is 4.26. The molecule has 1 N–H and O–H groups in total. The van der Waals surface area contributed by atoms with Crippen LogP contribution in [0, 0.1) is 5.82 Å². The predicted octanol–water partition coefficient (Wildman–Crippen LogP) is 4.27. The van der Waals surface area contributed by atoms with Gasteiger partial charge in [-0.25, -0.2) is 4.39 Å². The van der Waals surface area contributed by atoms with Crippen LogP contribution in [0.2, 0.25) is 0 Å². The maximum absolute atomic E-state index is 13.6. The molecule has 1 unspecified atom stereocenters. The summed E-state index contributed by atoms with van der Waals surface area (Å²) < 4.78 is 13.4. The summed E-state index contributed by atoms with van der Waals surface area (Å²) in [6.07, 6.45) is 1.19. The van der Waals surface area contributed by atoms with E-state index in [1.807, 2.05) is 44.2 Å². The lowest BCUT2D eigenvalue weighted by molar-refractivity contribution is -0.140. The maximum Gasteiger partial charge on any atom is 0.259 e. The van der Waals surface area contributed by atoms with Crippen molar-refractivity contribution in [3.8, 4) is 0 Å². The summed E-state index contributed by atoms with van der Waals surface area (Å²) in [7, 11) is 0. The topological polar surface area (TPSA) is 69.7 Å². The van der Waals surface area contributed by atoms with Gasteiger partial charge < -0.3 is 10.2 Å². The van der Waals surface area contributed by atoms with Gasteiger partial charge in [-0.05, 0) is 48.1 Å². The molecular formula is C27H28FN3O3. The number of anilines is 1. The van der Waals surface area contributed by atoms with E-state index < -0.39 is 6.04 Å². The number of hydrogen-bond acceptors (Lipinski definition) is 3. The first-order chi connectivity index (χ1) is 16.4. The SMILES string of the molecule is CCCNC(=O)C(CC)N(Cc1ccc(F)cc1)C(=O)CN1C(=O)c2cccc3cccc1c23. The molecule has 0 fully saturated rings. The molecule has 0 aromatic heterocycles. The minimum absolute atomic E-state index is 0.135. The number of benzene rings is 3. The number of halogens is 1. The quantitative estimate of drug-likeness (QED) is 0.517. The molecule has 1 aliphatic rings. The second kappa shape index (κ2) is 10.0. The molecule has 1 aliphatic heterocycles. The molecule has 0 bridgehead atoms. The van der Waals surface area contributed by atoms with Crippen LogP contribution in [0.5, 0.6) is 0 Å². The zero-order valence-corrected chi connectivity index (χ0v) is 19.4. The smallest absolute Gasteiger partial charge is 0.259 e. The van der Waals surface area contributed by atoms with Crippen molar-refractivity contribution in [2.24, 2.45) is 0 Å². The standard InChI is InChI=1S/C27H28FN3O3/c1-3-15-29-26(33)22(4-2)30(16-18-11-13-20(28)14-12-18)24(32)17-31-23-10-6-8-19-7-5-9-21(25(19)23)27(31)34/h5-14,22H,3-4,15-17H2,1-2H3,(H,29,33). The number of nitrogens with zero attached hydrogens (tertiary/aromatic N) is 2. The van der Waals surface area contributed by atoms with Crippen molar-refractivity contribution in [3.05, 3.63) is 77.6 Å². The van der Waals surface area contributed by atoms with Gasteiger partial charge in [0.15, 0.2) is 0 Å². The number of carbonyl (C=O) groups is 3. The van der Waals surface area contributed by atoms with Crippen molar-refractivity contribution in [1.82, 2.24) is 10.2 Å². The summed E-state index contributed by atoms with van der Waals surface area (Å²) in [5.41, 5.74) is 1.96. The van der Waals surface area contributed by atoms with Crippen LogP contribution >= 0.6 is 0 Å². The van der Waals surface area contributed by atoms with E-state index >= 15 is 0 Å². The van der Waals surface area contributed by atoms with Crippen molar-refractivity contribution in [2.75, 3.05) is 18.0 Å². The summed E-state index contributed by atoms with van der Waals surface area (Å²) in [4.78, 5) is 42.7. The van der Waals surface area contributed by atoms with Gasteiger partial charge in [-0.2, -0.15) is 0 Å². The van der Waals surface area contributed by atoms with Crippen molar-refractivity contribution in [2.45, 2.75) is 39.3 Å². The first-order valence-electron chi connectivity index (χ1n) is 11.6. The van der Waals surface area contributed by atoms with Crippen LogP contribution in [-0.4, -0.2) is 41.8 Å². The minimum Gasteiger partial charge on any atom is -0.354 e. The molecule has 0 radical (unpaired) electrons. The zero-order valence-electron chi connectivity index (χ0n) is 19.4. The molecule has 0 spiro atoms. The fourth-order valence-electron chi connectivity index (χ4n) is 4.43. The van der Waals surface area contributed by atoms with Gasteiger partial charge in [0, 0.05) is 24.0 Å². The molecule has 0 aliphatic carbocycles. The average molecular weight is 462 g/mol. The van der Waals surface area contributed by atoms with E-state index in [4.69, 9.17) is 0 Å². The zero-order chi connectivity index (χ0) is 24.2. The van der Waals surface area contributed by atoms with Crippen LogP contribution in [0.1, 0.15) is 42.6 Å². The van der Waals surface area contributed by atoms with E-state index in [1.54, 1.807) is 18.2 Å². The Balaban J connectivity index is 1.64. The van der Waals surface area contributed by atoms with Gasteiger partial charge in [0.25, 0.3) is 5.91 Å². The fraction of sp³-hybridized carbons (Fsp3) is 0.296. The molecule has 4 rings (SSSR count). The van der Waals surface area contributed by atoms with Gasteiger partial charge in [0.2, 0.25) is 11.8 Å². The van der Waals surface area contributed by atoms with Gasteiger partial charge >= 0.3 is 0 Å². The Morgan fingerprint density at radius 1 is 1.03 bits per heavy atom. The van der Waals surface area contributed by atoms with Gasteiger partial charge in [0.1, 0.15) is 18.4 Å². The van der Waals surface area contributed by atoms with E-state index in [9.17, 15) is 18.8 Å². The highest BCUT2D eigenvalue weighted by Crippen LogP contribution is 2.37. The summed E-state index contributed by atoms with van der Waals surface area (Å²) in [5.74, 6) is -1.19. The van der Waals surface area contributed by atoms with E-state index in [0.29, 0.717) is 29.8 Å². The summed E-state index contributed by atoms with van der Waals surface area (Å²) in [5, 5.41) is 4.64. The van der Waals surface area contributed by atoms with Crippen molar-refractivity contribution in [1.29, 1.82) is 0 Å². The highest BCUT2D eigenvalue weighted by Gasteiger charge is 2.35. The Labute approximate surface area is 198 Å². The van der Waals surface area contributed by atoms with Crippen LogP contribution in [0.4, 0.5) is 10.1 Å². The first-order valence-corrected chi connectivity index (χ1v) is 11.6. The number of nitrogens with one attached hydrogen (secondary N) is 1. The van der Waals surface area contributed by atoms with Crippen molar-refractivity contribution < 1.29 is 18.8 Å². The van der Waals surface area contributed by atoms with Crippen molar-refractivity contribution in [3.63, 3.8) is 0 Å². The minimum atomic E-state index is -0.708. The highest BCUT2D eigenvalue weighted by molar-refractivity contribution is 6.26. The highest BCUT2D eigenvalue weighted by atomic mass is 19.1. The molecular weight excluding hydrogens is 433 g/mol. The lowest BCUT2D eigenvalue weighted by Gasteiger charge is -2.32. The monoisotopic (exact) mass is 461 g/mol. The average Bonchev–Trinajstić information content (AvgIpc) is 3.11. The van der Waals surface area contributed by atoms with Crippen LogP contribution in [0.25, 0.3) is 10.8 Å². The van der Waals surface area contributed by atoms with Crippen molar-refractivity contribution >= 4 is 34.2 Å². The van der Waals surface area contributed by atoms with Crippen LogP contribution < -0.4 is 10.2 Å². The summed E-state index contributed by atoms with van der Waals surface area (Å²) >= 11 is 0. The third kappa shape index (κ3) is 4.51. The Bertz CT molecular complexity index is 1220. The second-order valence-electron chi connectivity index (χ2n) is 8.44. The molecule has 3 aromatic carbocycles. The van der Waals surface area contributed by atoms with Gasteiger partial charge in [-0.3, -0.25) is 19.3 Å². The van der Waals surface area contributed by atoms with E-state index in [0.717, 1.165) is 17.2 Å². The Morgan fingerprint density at radius 3 is 2.41 bits per heavy atom. The Kier molecular flexibility index (Phi) is 6.91. The maximum atomic E-state index is 13.6. The van der Waals surface area contributed by atoms with Crippen LogP contribution in [-0.2, 0) is 16.1 Å². The molecule has 1 atom stereocenters. The number of carbonyl (C=O) groups excluding carboxylic acids is 3. The van der Waals surface area contributed by atoms with Crippen LogP contribution in [0.3, 0.4) is 0 Å². The Hall–Kier alpha value is -3.74. The molecule has 1 heterocycles. The van der Waals surface area contributed by atoms with Crippen LogP contribution in [0.15, 0.2) is 60.7 Å². The van der Waals surface area contributed by atoms with E-state index in [2.05, 4.69) is 5.32 Å². The summed E-state index contributed by atoms with van der Waals surface area (Å²) in [6, 6.07) is 16.3. The lowest BCUT2D eigenvalue weighted by atomic mass is 10.1. The fourth-order valence-corrected chi connectivity index (χ4v) is 4.43. The normalized spacial score (nSPS) is 13.3. The third-order valence-electron chi connectivity index (χ3n) is 6.14. The number of hydrogen-bond donors (Lipinski definition) is 1. The molecule has 34 heavy (non-hydrogen) atoms. The van der Waals surface area contributed by atoms with Gasteiger partial charge in [-0.15, -0.1) is 0 Å². The molecule has 3 amide bonds. The molecule has 7 heteroatoms. The van der Waals surface area contributed by atoms with E-state index in [-0.39, 0.29) is 36.6 Å². The Morgan fingerprint density at radius 2 is 1.74 bits per heavy atom. The molecule has 176 valence electrons. The molecule has 6 nitrogen and oxygen atoms in total. The predicted molar refractivity (Wildman–Crippen MR) is 130 cm³/mol. The number of rotatable bonds is 9. The van der Waals surface area contributed by atoms with E-state index in [1.165, 1.54) is 21.9 Å². The first kappa shape index (κ1) is 23.4. The molecule has 3 aromatic rings.